The third-order valence-electron chi connectivity index (χ3n) is 1.36. The fourth-order valence-corrected chi connectivity index (χ4v) is 0.720. The molecule has 0 atom stereocenters. The van der Waals surface area contributed by atoms with Gasteiger partial charge in [0.1, 0.15) is 5.75 Å². The van der Waals surface area contributed by atoms with Crippen molar-refractivity contribution in [1.29, 1.82) is 0 Å². The third-order valence-corrected chi connectivity index (χ3v) is 1.36. The van der Waals surface area contributed by atoms with E-state index in [-0.39, 0.29) is 18.1 Å². The van der Waals surface area contributed by atoms with Crippen LogP contribution in [-0.4, -0.2) is 5.11 Å². The van der Waals surface area contributed by atoms with Crippen LogP contribution in [0.3, 0.4) is 0 Å². The normalized spacial score (nSPS) is 10.7. The zero-order chi connectivity index (χ0) is 9.35. The van der Waals surface area contributed by atoms with Gasteiger partial charge in [0.25, 0.3) is 0 Å². The molecule has 0 aliphatic carbocycles. The first-order valence-corrected chi connectivity index (χ1v) is 3.07. The Hall–Kier alpha value is -1.10. The summed E-state index contributed by atoms with van der Waals surface area (Å²) in [4.78, 5) is 0. The van der Waals surface area contributed by atoms with Gasteiger partial charge in [0.2, 0.25) is 0 Å². The van der Waals surface area contributed by atoms with Crippen LogP contribution >= 0.6 is 12.4 Å². The number of hydrogen-bond acceptors (Lipinski definition) is 2. The third kappa shape index (κ3) is 2.69. The van der Waals surface area contributed by atoms with E-state index in [9.17, 15) is 13.2 Å². The van der Waals surface area contributed by atoms with E-state index in [1.54, 1.807) is 0 Å². The second-order valence-electron chi connectivity index (χ2n) is 2.27. The van der Waals surface area contributed by atoms with E-state index < -0.39 is 17.5 Å². The summed E-state index contributed by atoms with van der Waals surface area (Å²) in [7, 11) is 0. The Kier molecular flexibility index (Phi) is 3.42. The van der Waals surface area contributed by atoms with Crippen molar-refractivity contribution in [2.24, 2.45) is 0 Å². The summed E-state index contributed by atoms with van der Waals surface area (Å²) in [5, 5.41) is 8.84. The SMILES string of the molecule is Cl.Nc1ccc(C(F)(F)F)cc1O. The van der Waals surface area contributed by atoms with Gasteiger partial charge >= 0.3 is 6.18 Å². The maximum Gasteiger partial charge on any atom is 0.416 e. The Morgan fingerprint density at radius 1 is 1.23 bits per heavy atom. The fraction of sp³-hybridized carbons (Fsp3) is 0.143. The lowest BCUT2D eigenvalue weighted by Gasteiger charge is -2.07. The minimum absolute atomic E-state index is 0. The molecule has 0 fully saturated rings. The molecule has 6 heteroatoms. The monoisotopic (exact) mass is 213 g/mol. The Labute approximate surface area is 78.6 Å². The van der Waals surface area contributed by atoms with Crippen LogP contribution in [0, 0.1) is 0 Å². The first-order chi connectivity index (χ1) is 5.41. The van der Waals surface area contributed by atoms with E-state index in [1.807, 2.05) is 0 Å². The lowest BCUT2D eigenvalue weighted by Crippen LogP contribution is -2.04. The second-order valence-corrected chi connectivity index (χ2v) is 2.27. The molecular weight excluding hydrogens is 207 g/mol. The maximum absolute atomic E-state index is 11.9. The van der Waals surface area contributed by atoms with Crippen LogP contribution in [0.2, 0.25) is 0 Å². The molecule has 3 N–H and O–H groups in total. The van der Waals surface area contributed by atoms with Crippen LogP contribution in [0.4, 0.5) is 18.9 Å². The average Bonchev–Trinajstić information content (AvgIpc) is 1.92. The molecule has 0 aliphatic rings. The van der Waals surface area contributed by atoms with Crippen molar-refractivity contribution in [3.05, 3.63) is 23.8 Å². The molecule has 0 radical (unpaired) electrons. The number of rotatable bonds is 0. The van der Waals surface area contributed by atoms with E-state index in [4.69, 9.17) is 10.8 Å². The Bertz CT molecular complexity index is 300. The van der Waals surface area contributed by atoms with Crippen molar-refractivity contribution in [3.63, 3.8) is 0 Å². The van der Waals surface area contributed by atoms with Gasteiger partial charge in [-0.2, -0.15) is 13.2 Å². The molecule has 2 nitrogen and oxygen atoms in total. The molecule has 74 valence electrons. The molecule has 0 saturated carbocycles. The minimum Gasteiger partial charge on any atom is -0.506 e. The number of anilines is 1. The minimum atomic E-state index is -4.44. The van der Waals surface area contributed by atoms with Crippen LogP contribution in [0.5, 0.6) is 5.75 Å². The van der Waals surface area contributed by atoms with Crippen LogP contribution in [0.1, 0.15) is 5.56 Å². The number of nitrogens with two attached hydrogens (primary N) is 1. The van der Waals surface area contributed by atoms with Crippen molar-refractivity contribution in [1.82, 2.24) is 0 Å². The molecule has 13 heavy (non-hydrogen) atoms. The molecule has 0 unspecified atom stereocenters. The first kappa shape index (κ1) is 11.9. The zero-order valence-corrected chi connectivity index (χ0v) is 7.12. The summed E-state index contributed by atoms with van der Waals surface area (Å²) in [6.45, 7) is 0. The van der Waals surface area contributed by atoms with E-state index >= 15 is 0 Å². The molecule has 0 aromatic heterocycles. The van der Waals surface area contributed by atoms with Gasteiger partial charge in [-0.3, -0.25) is 0 Å². The number of halogens is 4. The average molecular weight is 214 g/mol. The number of phenols is 1. The molecule has 1 rings (SSSR count). The highest BCUT2D eigenvalue weighted by atomic mass is 35.5. The highest BCUT2D eigenvalue weighted by Gasteiger charge is 2.30. The van der Waals surface area contributed by atoms with Crippen molar-refractivity contribution in [3.8, 4) is 5.75 Å². The molecule has 0 spiro atoms. The summed E-state index contributed by atoms with van der Waals surface area (Å²) >= 11 is 0. The number of benzene rings is 1. The standard InChI is InChI=1S/C7H6F3NO.ClH/c8-7(9,10)4-1-2-5(11)6(12)3-4;/h1-3,12H,11H2;1H. The lowest BCUT2D eigenvalue weighted by atomic mass is 10.2. The summed E-state index contributed by atoms with van der Waals surface area (Å²) in [6.07, 6.45) is -4.44. The molecular formula is C7H7ClF3NO. The van der Waals surface area contributed by atoms with Gasteiger partial charge in [-0.05, 0) is 18.2 Å². The van der Waals surface area contributed by atoms with Gasteiger partial charge in [-0.15, -0.1) is 12.4 Å². The molecule has 0 saturated heterocycles. The summed E-state index contributed by atoms with van der Waals surface area (Å²) in [6, 6.07) is 2.42. The number of aromatic hydroxyl groups is 1. The predicted molar refractivity (Wildman–Crippen MR) is 44.8 cm³/mol. The summed E-state index contributed by atoms with van der Waals surface area (Å²) < 4.78 is 35.8. The fourth-order valence-electron chi connectivity index (χ4n) is 0.720. The first-order valence-electron chi connectivity index (χ1n) is 3.07. The Morgan fingerprint density at radius 2 is 1.77 bits per heavy atom. The van der Waals surface area contributed by atoms with Gasteiger partial charge in [0, 0.05) is 0 Å². The van der Waals surface area contributed by atoms with E-state index in [2.05, 4.69) is 0 Å². The van der Waals surface area contributed by atoms with E-state index in [0.717, 1.165) is 12.1 Å². The van der Waals surface area contributed by atoms with Crippen molar-refractivity contribution >= 4 is 18.1 Å². The van der Waals surface area contributed by atoms with Crippen molar-refractivity contribution < 1.29 is 18.3 Å². The topological polar surface area (TPSA) is 46.2 Å². The quantitative estimate of drug-likeness (QED) is 0.514. The van der Waals surface area contributed by atoms with Gasteiger partial charge < -0.3 is 10.8 Å². The molecule has 1 aromatic rings. The number of hydrogen-bond donors (Lipinski definition) is 2. The molecule has 0 aliphatic heterocycles. The molecule has 0 bridgehead atoms. The van der Waals surface area contributed by atoms with E-state index in [1.165, 1.54) is 0 Å². The van der Waals surface area contributed by atoms with Gasteiger partial charge in [-0.1, -0.05) is 0 Å². The Balaban J connectivity index is 0.00000144. The molecule has 1 aromatic carbocycles. The van der Waals surface area contributed by atoms with Gasteiger partial charge in [-0.25, -0.2) is 0 Å². The Morgan fingerprint density at radius 3 is 2.15 bits per heavy atom. The van der Waals surface area contributed by atoms with Crippen molar-refractivity contribution in [2.75, 3.05) is 5.73 Å². The number of phenolic OH excluding ortho intramolecular Hbond substituents is 1. The summed E-state index contributed by atoms with van der Waals surface area (Å²) in [5.41, 5.74) is 4.14. The molecule has 0 heterocycles. The molecule has 0 amide bonds. The second kappa shape index (κ2) is 3.74. The van der Waals surface area contributed by atoms with Crippen LogP contribution < -0.4 is 5.73 Å². The zero-order valence-electron chi connectivity index (χ0n) is 6.30. The highest BCUT2D eigenvalue weighted by molar-refractivity contribution is 5.85. The predicted octanol–water partition coefficient (Wildman–Crippen LogP) is 2.42. The van der Waals surface area contributed by atoms with Crippen LogP contribution in [0.15, 0.2) is 18.2 Å². The summed E-state index contributed by atoms with van der Waals surface area (Å²) in [5.74, 6) is -0.551. The smallest absolute Gasteiger partial charge is 0.416 e. The maximum atomic E-state index is 11.9. The van der Waals surface area contributed by atoms with Gasteiger partial charge in [0.15, 0.2) is 0 Å². The van der Waals surface area contributed by atoms with Crippen LogP contribution in [-0.2, 0) is 6.18 Å². The van der Waals surface area contributed by atoms with E-state index in [0.29, 0.717) is 6.07 Å². The lowest BCUT2D eigenvalue weighted by molar-refractivity contribution is -0.137. The number of alkyl halides is 3. The largest absolute Gasteiger partial charge is 0.506 e. The van der Waals surface area contributed by atoms with Crippen LogP contribution in [0.25, 0.3) is 0 Å². The number of nitrogen functional groups attached to an aromatic ring is 1. The van der Waals surface area contributed by atoms with Crippen molar-refractivity contribution in [2.45, 2.75) is 6.18 Å². The highest BCUT2D eigenvalue weighted by Crippen LogP contribution is 2.33. The van der Waals surface area contributed by atoms with Gasteiger partial charge in [0.05, 0.1) is 11.3 Å².